The molecule has 10 nitrogen and oxygen atoms in total. The van der Waals surface area contributed by atoms with Crippen LogP contribution in [0.25, 0.3) is 38.8 Å². The Morgan fingerprint density at radius 1 is 1.02 bits per heavy atom. The van der Waals surface area contributed by atoms with Gasteiger partial charge in [0.15, 0.2) is 5.52 Å². The molecule has 1 N–H and O–H groups in total. The predicted octanol–water partition coefficient (Wildman–Crippen LogP) is 3.80. The SMILES string of the molecule is COc1ccc(-c2ccc3c(c2)c2c(nnn2-c2ccc(N4CCNCC4)c(C(F)(F)F)c2)c(=O)n3CCN(C)C)cn1. The number of likely N-dealkylation sites (N-methyl/N-ethyl adjacent to an activating group) is 1. The van der Waals surface area contributed by atoms with Gasteiger partial charge in [0.25, 0.3) is 5.56 Å². The number of fused-ring (bicyclic) bond motifs is 3. The lowest BCUT2D eigenvalue weighted by Gasteiger charge is -2.31. The van der Waals surface area contributed by atoms with Crippen LogP contribution in [0.15, 0.2) is 59.5 Å². The first-order valence-corrected chi connectivity index (χ1v) is 13.9. The summed E-state index contributed by atoms with van der Waals surface area (Å²) in [6.07, 6.45) is -2.92. The first kappa shape index (κ1) is 28.6. The summed E-state index contributed by atoms with van der Waals surface area (Å²) >= 11 is 0. The largest absolute Gasteiger partial charge is 0.481 e. The van der Waals surface area contributed by atoms with Crippen LogP contribution >= 0.6 is 0 Å². The number of nitrogens with one attached hydrogen (secondary N) is 1. The Labute approximate surface area is 245 Å². The smallest absolute Gasteiger partial charge is 0.418 e. The standard InChI is InChI=1S/C30H31F3N8O2/c1-38(2)14-15-40-24-7-4-19(20-5-9-26(43-3)35-18-20)16-22(24)28-27(29(40)42)36-37-41(28)21-6-8-25(23(17-21)30(31,32)33)39-12-10-34-11-13-39/h4-9,16-18,34H,10-15H2,1-3H3. The molecule has 224 valence electrons. The molecule has 1 aliphatic heterocycles. The molecular formula is C30H31F3N8O2. The normalized spacial score (nSPS) is 14.3. The maximum absolute atomic E-state index is 14.4. The molecule has 13 heteroatoms. The quantitative estimate of drug-likeness (QED) is 0.305. The van der Waals surface area contributed by atoms with E-state index in [0.717, 1.165) is 17.2 Å². The van der Waals surface area contributed by atoms with E-state index in [2.05, 4.69) is 20.6 Å². The fraction of sp³-hybridized carbons (Fsp3) is 0.333. The molecule has 43 heavy (non-hydrogen) atoms. The summed E-state index contributed by atoms with van der Waals surface area (Å²) in [5.74, 6) is 0.469. The molecule has 0 bridgehead atoms. The molecule has 6 rings (SSSR count). The molecule has 4 heterocycles. The second kappa shape index (κ2) is 11.3. The molecule has 0 unspecified atom stereocenters. The Morgan fingerprint density at radius 2 is 1.79 bits per heavy atom. The zero-order valence-corrected chi connectivity index (χ0v) is 24.0. The number of nitrogens with zero attached hydrogens (tertiary/aromatic N) is 7. The van der Waals surface area contributed by atoms with Crippen molar-refractivity contribution in [1.29, 1.82) is 0 Å². The molecule has 0 atom stereocenters. The van der Waals surface area contributed by atoms with Gasteiger partial charge < -0.3 is 24.4 Å². The Balaban J connectivity index is 1.58. The predicted molar refractivity (Wildman–Crippen MR) is 159 cm³/mol. The third-order valence-corrected chi connectivity index (χ3v) is 7.70. The zero-order chi connectivity index (χ0) is 30.3. The van der Waals surface area contributed by atoms with Crippen LogP contribution in [-0.4, -0.2) is 83.4 Å². The number of ether oxygens (including phenoxy) is 1. The number of hydrogen-bond donors (Lipinski definition) is 1. The van der Waals surface area contributed by atoms with Gasteiger partial charge in [0, 0.05) is 68.2 Å². The first-order valence-electron chi connectivity index (χ1n) is 13.9. The highest BCUT2D eigenvalue weighted by molar-refractivity contribution is 6.04. The van der Waals surface area contributed by atoms with Crippen LogP contribution in [0.1, 0.15) is 5.56 Å². The Hall–Kier alpha value is -4.49. The van der Waals surface area contributed by atoms with E-state index >= 15 is 0 Å². The average Bonchev–Trinajstić information content (AvgIpc) is 3.46. The van der Waals surface area contributed by atoms with Crippen molar-refractivity contribution in [3.8, 4) is 22.7 Å². The van der Waals surface area contributed by atoms with E-state index in [0.29, 0.717) is 61.6 Å². The monoisotopic (exact) mass is 592 g/mol. The van der Waals surface area contributed by atoms with Crippen molar-refractivity contribution >= 4 is 27.6 Å². The van der Waals surface area contributed by atoms with Crippen LogP contribution in [0.5, 0.6) is 5.88 Å². The molecular weight excluding hydrogens is 561 g/mol. The minimum Gasteiger partial charge on any atom is -0.481 e. The molecule has 0 spiro atoms. The van der Waals surface area contributed by atoms with E-state index in [9.17, 15) is 18.0 Å². The van der Waals surface area contributed by atoms with Gasteiger partial charge in [-0.25, -0.2) is 9.67 Å². The number of hydrogen-bond acceptors (Lipinski definition) is 8. The minimum absolute atomic E-state index is 0.0796. The summed E-state index contributed by atoms with van der Waals surface area (Å²) in [7, 11) is 5.37. The van der Waals surface area contributed by atoms with Crippen LogP contribution in [-0.2, 0) is 12.7 Å². The maximum Gasteiger partial charge on any atom is 0.418 e. The number of methoxy groups -OCH3 is 1. The van der Waals surface area contributed by atoms with Crippen LogP contribution in [0, 0.1) is 0 Å². The molecule has 5 aromatic rings. The van der Waals surface area contributed by atoms with Crippen molar-refractivity contribution in [2.45, 2.75) is 12.7 Å². The number of pyridine rings is 2. The minimum atomic E-state index is -4.60. The van der Waals surface area contributed by atoms with Gasteiger partial charge in [0.2, 0.25) is 5.88 Å². The van der Waals surface area contributed by atoms with Gasteiger partial charge in [-0.2, -0.15) is 13.2 Å². The number of rotatable bonds is 7. The summed E-state index contributed by atoms with van der Waals surface area (Å²) in [6, 6.07) is 13.4. The summed E-state index contributed by atoms with van der Waals surface area (Å²) in [4.78, 5) is 21.7. The third kappa shape index (κ3) is 5.41. The van der Waals surface area contributed by atoms with E-state index in [1.54, 1.807) is 27.8 Å². The zero-order valence-electron chi connectivity index (χ0n) is 24.0. The average molecular weight is 593 g/mol. The third-order valence-electron chi connectivity index (χ3n) is 7.70. The van der Waals surface area contributed by atoms with Gasteiger partial charge in [0.1, 0.15) is 5.52 Å². The van der Waals surface area contributed by atoms with Crippen molar-refractivity contribution in [1.82, 2.24) is 34.8 Å². The topological polar surface area (TPSA) is 93.3 Å². The molecule has 1 saturated heterocycles. The molecule has 0 saturated carbocycles. The van der Waals surface area contributed by atoms with Crippen molar-refractivity contribution in [2.24, 2.45) is 0 Å². The number of halogens is 3. The number of piperazine rings is 1. The lowest BCUT2D eigenvalue weighted by atomic mass is 10.0. The van der Waals surface area contributed by atoms with E-state index in [-0.39, 0.29) is 22.5 Å². The summed E-state index contributed by atoms with van der Waals surface area (Å²) in [6.45, 7) is 3.13. The van der Waals surface area contributed by atoms with Gasteiger partial charge >= 0.3 is 6.18 Å². The highest BCUT2D eigenvalue weighted by Gasteiger charge is 2.36. The van der Waals surface area contributed by atoms with Crippen molar-refractivity contribution in [3.05, 3.63) is 70.6 Å². The number of benzene rings is 2. The van der Waals surface area contributed by atoms with Gasteiger partial charge in [-0.05, 0) is 56.1 Å². The molecule has 0 aliphatic carbocycles. The van der Waals surface area contributed by atoms with Crippen LogP contribution in [0.4, 0.5) is 18.9 Å². The Morgan fingerprint density at radius 3 is 2.47 bits per heavy atom. The van der Waals surface area contributed by atoms with Gasteiger partial charge in [-0.3, -0.25) is 4.79 Å². The molecule has 3 aromatic heterocycles. The lowest BCUT2D eigenvalue weighted by molar-refractivity contribution is -0.137. The van der Waals surface area contributed by atoms with Crippen molar-refractivity contribution in [2.75, 3.05) is 58.8 Å². The molecule has 1 aliphatic rings. The molecule has 0 amide bonds. The van der Waals surface area contributed by atoms with Crippen LogP contribution in [0.2, 0.25) is 0 Å². The Bertz CT molecular complexity index is 1840. The summed E-state index contributed by atoms with van der Waals surface area (Å²) in [5.41, 5.74) is 1.82. The highest BCUT2D eigenvalue weighted by atomic mass is 19.4. The van der Waals surface area contributed by atoms with E-state index < -0.39 is 11.7 Å². The van der Waals surface area contributed by atoms with Gasteiger partial charge in [0.05, 0.1) is 23.9 Å². The summed E-state index contributed by atoms with van der Waals surface area (Å²) in [5, 5.41) is 12.2. The van der Waals surface area contributed by atoms with Crippen LogP contribution in [0.3, 0.4) is 0 Å². The molecule has 1 fully saturated rings. The maximum atomic E-state index is 14.4. The van der Waals surface area contributed by atoms with Crippen molar-refractivity contribution in [3.63, 3.8) is 0 Å². The molecule has 0 radical (unpaired) electrons. The van der Waals surface area contributed by atoms with Crippen molar-refractivity contribution < 1.29 is 17.9 Å². The van der Waals surface area contributed by atoms with Gasteiger partial charge in [-0.1, -0.05) is 11.3 Å². The summed E-state index contributed by atoms with van der Waals surface area (Å²) < 4.78 is 51.3. The van der Waals surface area contributed by atoms with Gasteiger partial charge in [-0.15, -0.1) is 5.10 Å². The van der Waals surface area contributed by atoms with Crippen LogP contribution < -0.4 is 20.5 Å². The highest BCUT2D eigenvalue weighted by Crippen LogP contribution is 2.39. The molecule has 2 aromatic carbocycles. The van der Waals surface area contributed by atoms with E-state index in [1.807, 2.05) is 43.3 Å². The van der Waals surface area contributed by atoms with E-state index in [4.69, 9.17) is 4.74 Å². The number of alkyl halides is 3. The second-order valence-electron chi connectivity index (χ2n) is 10.7. The fourth-order valence-electron chi connectivity index (χ4n) is 5.48. The fourth-order valence-corrected chi connectivity index (χ4v) is 5.48. The number of anilines is 1. The first-order chi connectivity index (χ1) is 20.7. The second-order valence-corrected chi connectivity index (χ2v) is 10.7. The lowest BCUT2D eigenvalue weighted by Crippen LogP contribution is -2.44. The Kier molecular flexibility index (Phi) is 7.52. The van der Waals surface area contributed by atoms with E-state index in [1.165, 1.54) is 17.9 Å². The number of aromatic nitrogens is 5.